The maximum absolute atomic E-state index is 12.0. The largest absolute Gasteiger partial charge is 0.457 e. The van der Waals surface area contributed by atoms with E-state index in [4.69, 9.17) is 16.2 Å². The minimum Gasteiger partial charge on any atom is -0.457 e. The molecule has 0 amide bonds. The minimum absolute atomic E-state index is 0.237. The van der Waals surface area contributed by atoms with Gasteiger partial charge in [0.2, 0.25) is 0 Å². The van der Waals surface area contributed by atoms with Gasteiger partial charge in [-0.15, -0.1) is 0 Å². The standard InChI is InChI=1S/C16H18N2O2/c1-10-4-3-5-11(2)14(10)9-20-16(19)13-7-6-12(17)8-15(13)18/h3-8H,9,17-18H2,1-2H3. The van der Waals surface area contributed by atoms with E-state index in [1.54, 1.807) is 18.2 Å². The summed E-state index contributed by atoms with van der Waals surface area (Å²) >= 11 is 0. The van der Waals surface area contributed by atoms with Gasteiger partial charge in [0.05, 0.1) is 5.56 Å². The zero-order valence-electron chi connectivity index (χ0n) is 11.6. The molecule has 0 spiro atoms. The van der Waals surface area contributed by atoms with Crippen molar-refractivity contribution in [1.29, 1.82) is 0 Å². The van der Waals surface area contributed by atoms with E-state index >= 15 is 0 Å². The van der Waals surface area contributed by atoms with Gasteiger partial charge in [0.25, 0.3) is 0 Å². The molecule has 0 fully saturated rings. The highest BCUT2D eigenvalue weighted by atomic mass is 16.5. The molecule has 104 valence electrons. The Morgan fingerprint density at radius 2 is 1.75 bits per heavy atom. The SMILES string of the molecule is Cc1cccc(C)c1COC(=O)c1ccc(N)cc1N. The topological polar surface area (TPSA) is 78.3 Å². The maximum atomic E-state index is 12.0. The highest BCUT2D eigenvalue weighted by Crippen LogP contribution is 2.19. The first-order valence-electron chi connectivity index (χ1n) is 6.36. The first-order valence-corrected chi connectivity index (χ1v) is 6.36. The number of benzene rings is 2. The molecule has 0 heterocycles. The van der Waals surface area contributed by atoms with Gasteiger partial charge in [0.1, 0.15) is 6.61 Å². The Bertz CT molecular complexity index is 631. The fraction of sp³-hybridized carbons (Fsp3) is 0.188. The summed E-state index contributed by atoms with van der Waals surface area (Å²) in [5, 5.41) is 0. The van der Waals surface area contributed by atoms with Gasteiger partial charge in [-0.1, -0.05) is 18.2 Å². The Balaban J connectivity index is 2.13. The van der Waals surface area contributed by atoms with E-state index in [-0.39, 0.29) is 6.61 Å². The van der Waals surface area contributed by atoms with Gasteiger partial charge in [-0.3, -0.25) is 0 Å². The highest BCUT2D eigenvalue weighted by molar-refractivity contribution is 5.95. The van der Waals surface area contributed by atoms with Crippen LogP contribution in [0, 0.1) is 13.8 Å². The molecule has 0 atom stereocenters. The molecule has 0 saturated heterocycles. The smallest absolute Gasteiger partial charge is 0.340 e. The van der Waals surface area contributed by atoms with Crippen LogP contribution in [-0.2, 0) is 11.3 Å². The average Bonchev–Trinajstić information content (AvgIpc) is 2.37. The van der Waals surface area contributed by atoms with E-state index in [1.165, 1.54) is 0 Å². The van der Waals surface area contributed by atoms with Crippen LogP contribution in [0.3, 0.4) is 0 Å². The molecule has 0 aliphatic heterocycles. The molecule has 0 aliphatic rings. The second-order valence-corrected chi connectivity index (χ2v) is 4.79. The highest BCUT2D eigenvalue weighted by Gasteiger charge is 2.12. The summed E-state index contributed by atoms with van der Waals surface area (Å²) in [6.45, 7) is 4.22. The fourth-order valence-corrected chi connectivity index (χ4v) is 2.06. The Morgan fingerprint density at radius 1 is 1.10 bits per heavy atom. The first kappa shape index (κ1) is 13.9. The van der Waals surface area contributed by atoms with Crippen molar-refractivity contribution in [2.45, 2.75) is 20.5 Å². The Morgan fingerprint density at radius 3 is 2.35 bits per heavy atom. The van der Waals surface area contributed by atoms with Gasteiger partial charge in [0.15, 0.2) is 0 Å². The molecule has 0 saturated carbocycles. The molecule has 0 unspecified atom stereocenters. The minimum atomic E-state index is -0.440. The molecule has 0 bridgehead atoms. The van der Waals surface area contributed by atoms with Crippen molar-refractivity contribution in [2.24, 2.45) is 0 Å². The van der Waals surface area contributed by atoms with Gasteiger partial charge in [0, 0.05) is 11.4 Å². The quantitative estimate of drug-likeness (QED) is 0.664. The summed E-state index contributed by atoms with van der Waals surface area (Å²) in [6.07, 6.45) is 0. The lowest BCUT2D eigenvalue weighted by Gasteiger charge is -2.11. The van der Waals surface area contributed by atoms with E-state index in [2.05, 4.69) is 0 Å². The predicted molar refractivity (Wildman–Crippen MR) is 80.3 cm³/mol. The summed E-state index contributed by atoms with van der Waals surface area (Å²) < 4.78 is 5.34. The van der Waals surface area contributed by atoms with Gasteiger partial charge in [-0.2, -0.15) is 0 Å². The number of esters is 1. The third kappa shape index (κ3) is 2.91. The normalized spacial score (nSPS) is 10.3. The molecule has 4 heteroatoms. The van der Waals surface area contributed by atoms with Crippen LogP contribution < -0.4 is 11.5 Å². The second kappa shape index (κ2) is 5.65. The van der Waals surface area contributed by atoms with Crippen LogP contribution in [0.2, 0.25) is 0 Å². The second-order valence-electron chi connectivity index (χ2n) is 4.79. The number of hydrogen-bond donors (Lipinski definition) is 2. The lowest BCUT2D eigenvalue weighted by atomic mass is 10.0. The lowest BCUT2D eigenvalue weighted by Crippen LogP contribution is -2.09. The number of rotatable bonds is 3. The molecular weight excluding hydrogens is 252 g/mol. The van der Waals surface area contributed by atoms with Gasteiger partial charge in [-0.25, -0.2) is 4.79 Å². The van der Waals surface area contributed by atoms with Crippen molar-refractivity contribution in [2.75, 3.05) is 11.5 Å². The zero-order valence-corrected chi connectivity index (χ0v) is 11.6. The summed E-state index contributed by atoms with van der Waals surface area (Å²) in [5.74, 6) is -0.440. The maximum Gasteiger partial charge on any atom is 0.340 e. The molecule has 20 heavy (non-hydrogen) atoms. The summed E-state index contributed by atoms with van der Waals surface area (Å²) in [4.78, 5) is 12.0. The van der Waals surface area contributed by atoms with E-state index in [1.807, 2.05) is 32.0 Å². The Hall–Kier alpha value is -2.49. The van der Waals surface area contributed by atoms with Crippen LogP contribution in [0.15, 0.2) is 36.4 Å². The molecular formula is C16H18N2O2. The number of nitrogens with two attached hydrogens (primary N) is 2. The van der Waals surface area contributed by atoms with Crippen molar-refractivity contribution in [3.63, 3.8) is 0 Å². The van der Waals surface area contributed by atoms with Crippen LogP contribution in [0.4, 0.5) is 11.4 Å². The predicted octanol–water partition coefficient (Wildman–Crippen LogP) is 2.82. The van der Waals surface area contributed by atoms with Crippen molar-refractivity contribution < 1.29 is 9.53 Å². The van der Waals surface area contributed by atoms with Crippen LogP contribution in [0.25, 0.3) is 0 Å². The summed E-state index contributed by atoms with van der Waals surface area (Å²) in [6, 6.07) is 10.7. The summed E-state index contributed by atoms with van der Waals surface area (Å²) in [7, 11) is 0. The first-order chi connectivity index (χ1) is 9.49. The van der Waals surface area contributed by atoms with E-state index in [0.717, 1.165) is 16.7 Å². The van der Waals surface area contributed by atoms with Gasteiger partial charge in [-0.05, 0) is 48.7 Å². The molecule has 0 radical (unpaired) electrons. The van der Waals surface area contributed by atoms with Crippen LogP contribution in [0.1, 0.15) is 27.0 Å². The molecule has 4 N–H and O–H groups in total. The van der Waals surface area contributed by atoms with Crippen molar-refractivity contribution in [3.05, 3.63) is 58.7 Å². The molecule has 2 aromatic carbocycles. The van der Waals surface area contributed by atoms with Crippen molar-refractivity contribution in [1.82, 2.24) is 0 Å². The number of anilines is 2. The number of ether oxygens (including phenoxy) is 1. The van der Waals surface area contributed by atoms with Gasteiger partial charge >= 0.3 is 5.97 Å². The van der Waals surface area contributed by atoms with Crippen LogP contribution >= 0.6 is 0 Å². The molecule has 2 rings (SSSR count). The lowest BCUT2D eigenvalue weighted by molar-refractivity contribution is 0.0473. The van der Waals surface area contributed by atoms with Crippen molar-refractivity contribution in [3.8, 4) is 0 Å². The van der Waals surface area contributed by atoms with E-state index in [0.29, 0.717) is 16.9 Å². The number of carbonyl (C=O) groups excluding carboxylic acids is 1. The van der Waals surface area contributed by atoms with E-state index < -0.39 is 5.97 Å². The number of carbonyl (C=O) groups is 1. The summed E-state index contributed by atoms with van der Waals surface area (Å²) in [5.41, 5.74) is 15.8. The van der Waals surface area contributed by atoms with E-state index in [9.17, 15) is 4.79 Å². The third-order valence-corrected chi connectivity index (χ3v) is 3.29. The molecule has 2 aromatic rings. The Kier molecular flexibility index (Phi) is 3.94. The molecule has 4 nitrogen and oxygen atoms in total. The zero-order chi connectivity index (χ0) is 14.7. The number of aryl methyl sites for hydroxylation is 2. The Labute approximate surface area is 118 Å². The van der Waals surface area contributed by atoms with Crippen LogP contribution in [-0.4, -0.2) is 5.97 Å². The molecule has 0 aliphatic carbocycles. The average molecular weight is 270 g/mol. The number of nitrogen functional groups attached to an aromatic ring is 2. The monoisotopic (exact) mass is 270 g/mol. The van der Waals surface area contributed by atoms with Crippen LogP contribution in [0.5, 0.6) is 0 Å². The fourth-order valence-electron chi connectivity index (χ4n) is 2.06. The van der Waals surface area contributed by atoms with Crippen molar-refractivity contribution >= 4 is 17.3 Å². The molecule has 0 aromatic heterocycles. The van der Waals surface area contributed by atoms with Gasteiger partial charge < -0.3 is 16.2 Å². The third-order valence-electron chi connectivity index (χ3n) is 3.29. The number of hydrogen-bond acceptors (Lipinski definition) is 4.